The highest BCUT2D eigenvalue weighted by molar-refractivity contribution is 7.89. The topological polar surface area (TPSA) is 147 Å². The van der Waals surface area contributed by atoms with E-state index < -0.39 is 22.0 Å². The van der Waals surface area contributed by atoms with Crippen LogP contribution >= 0.6 is 0 Å². The predicted molar refractivity (Wildman–Crippen MR) is 119 cm³/mol. The molecule has 0 aliphatic heterocycles. The Hall–Kier alpha value is -3.33. The van der Waals surface area contributed by atoms with E-state index in [1.807, 2.05) is 0 Å². The van der Waals surface area contributed by atoms with E-state index in [2.05, 4.69) is 21.9 Å². The van der Waals surface area contributed by atoms with Crippen molar-refractivity contribution in [2.24, 2.45) is 0 Å². The monoisotopic (exact) mass is 477 g/mol. The Morgan fingerprint density at radius 2 is 1.91 bits per heavy atom. The van der Waals surface area contributed by atoms with E-state index >= 15 is 0 Å². The van der Waals surface area contributed by atoms with Gasteiger partial charge >= 0.3 is 0 Å². The average molecular weight is 478 g/mol. The summed E-state index contributed by atoms with van der Waals surface area (Å²) in [4.78, 5) is 24.1. The predicted octanol–water partition coefficient (Wildman–Crippen LogP) is 1.66. The van der Waals surface area contributed by atoms with E-state index in [-0.39, 0.29) is 36.8 Å². The Labute approximate surface area is 192 Å². The second-order valence-corrected chi connectivity index (χ2v) is 8.78. The Morgan fingerprint density at radius 1 is 1.21 bits per heavy atom. The van der Waals surface area contributed by atoms with Crippen molar-refractivity contribution in [2.75, 3.05) is 13.2 Å². The van der Waals surface area contributed by atoms with Crippen LogP contribution in [0.3, 0.4) is 0 Å². The summed E-state index contributed by atoms with van der Waals surface area (Å²) >= 11 is 0. The van der Waals surface area contributed by atoms with Gasteiger partial charge in [-0.25, -0.2) is 13.9 Å². The summed E-state index contributed by atoms with van der Waals surface area (Å²) in [7, 11) is -4.06. The lowest BCUT2D eigenvalue weighted by atomic mass is 10.1. The van der Waals surface area contributed by atoms with E-state index in [1.165, 1.54) is 29.7 Å². The normalized spacial score (nSPS) is 11.8. The van der Waals surface area contributed by atoms with E-state index in [0.29, 0.717) is 22.8 Å². The van der Waals surface area contributed by atoms with Crippen LogP contribution in [0.4, 0.5) is 0 Å². The molecule has 178 valence electrons. The van der Waals surface area contributed by atoms with Crippen LogP contribution in [0, 0.1) is 25.7 Å². The minimum Gasteiger partial charge on any atom is -0.481 e. The molecule has 0 fully saturated rings. The first-order valence-corrected chi connectivity index (χ1v) is 11.6. The van der Waals surface area contributed by atoms with Crippen molar-refractivity contribution in [3.05, 3.63) is 47.4 Å². The van der Waals surface area contributed by atoms with Gasteiger partial charge in [-0.15, -0.1) is 5.92 Å². The van der Waals surface area contributed by atoms with E-state index in [0.717, 1.165) is 0 Å². The summed E-state index contributed by atoms with van der Waals surface area (Å²) in [6.45, 7) is 5.45. The minimum atomic E-state index is -4.06. The highest BCUT2D eigenvalue weighted by atomic mass is 32.2. The van der Waals surface area contributed by atoms with Gasteiger partial charge in [0.05, 0.1) is 10.5 Å². The summed E-state index contributed by atoms with van der Waals surface area (Å²) in [6, 6.07) is 5.99. The highest BCUT2D eigenvalue weighted by Gasteiger charge is 2.25. The van der Waals surface area contributed by atoms with Crippen molar-refractivity contribution in [3.8, 4) is 17.6 Å². The number of sulfonamides is 1. The second kappa shape index (κ2) is 12.1. The van der Waals surface area contributed by atoms with Gasteiger partial charge in [-0.05, 0) is 63.9 Å². The molecule has 0 radical (unpaired) electrons. The molecule has 1 aromatic heterocycles. The zero-order valence-electron chi connectivity index (χ0n) is 18.6. The molecular weight excluding hydrogens is 450 g/mol. The number of carbonyl (C=O) groups is 2. The molecule has 0 bridgehead atoms. The van der Waals surface area contributed by atoms with Crippen molar-refractivity contribution >= 4 is 21.8 Å². The molecule has 0 saturated carbocycles. The van der Waals surface area contributed by atoms with Crippen LogP contribution in [0.2, 0.25) is 0 Å². The average Bonchev–Trinajstić information content (AvgIpc) is 3.13. The number of rotatable bonds is 11. The quantitative estimate of drug-likeness (QED) is 0.167. The van der Waals surface area contributed by atoms with Crippen molar-refractivity contribution < 1.29 is 32.4 Å². The fourth-order valence-electron chi connectivity index (χ4n) is 2.94. The maximum absolute atomic E-state index is 12.7. The lowest BCUT2D eigenvalue weighted by molar-refractivity contribution is -0.131. The van der Waals surface area contributed by atoms with Gasteiger partial charge in [-0.1, -0.05) is 5.92 Å². The Kier molecular flexibility index (Phi) is 9.47. The number of ether oxygens (including phenoxy) is 1. The highest BCUT2D eigenvalue weighted by Crippen LogP contribution is 2.17. The maximum atomic E-state index is 12.7. The van der Waals surface area contributed by atoms with Crippen LogP contribution in [0.15, 0.2) is 39.6 Å². The fraction of sp³-hybridized carbons (Fsp3) is 0.364. The summed E-state index contributed by atoms with van der Waals surface area (Å²) in [5.41, 5.74) is 1.87. The van der Waals surface area contributed by atoms with Gasteiger partial charge in [0.25, 0.3) is 11.8 Å². The number of aryl methyl sites for hydroxylation is 2. The number of hydrogen-bond donors (Lipinski definition) is 4. The summed E-state index contributed by atoms with van der Waals surface area (Å²) in [5.74, 6) is 5.71. The van der Waals surface area contributed by atoms with Crippen LogP contribution in [-0.4, -0.2) is 44.6 Å². The zero-order valence-corrected chi connectivity index (χ0v) is 19.4. The molecule has 1 unspecified atom stereocenters. The van der Waals surface area contributed by atoms with E-state index in [4.69, 9.17) is 14.4 Å². The minimum absolute atomic E-state index is 0.0339. The number of hydrogen-bond acceptors (Lipinski definition) is 7. The summed E-state index contributed by atoms with van der Waals surface area (Å²) in [6.07, 6.45) is 0.305. The molecule has 0 spiro atoms. The Bertz CT molecular complexity index is 1130. The van der Waals surface area contributed by atoms with Crippen molar-refractivity contribution in [2.45, 2.75) is 44.6 Å². The number of nitrogens with one attached hydrogen (secondary N) is 3. The van der Waals surface area contributed by atoms with Crippen molar-refractivity contribution in [1.82, 2.24) is 15.5 Å². The zero-order chi connectivity index (χ0) is 24.4. The number of carbonyl (C=O) groups excluding carboxylic acids is 2. The molecule has 2 aromatic rings. The third-order valence-corrected chi connectivity index (χ3v) is 6.07. The van der Waals surface area contributed by atoms with E-state index in [1.54, 1.807) is 26.8 Å². The molecule has 1 atom stereocenters. The first-order chi connectivity index (χ1) is 15.7. The number of benzene rings is 1. The second-order valence-electron chi connectivity index (χ2n) is 7.06. The maximum Gasteiger partial charge on any atom is 0.261 e. The largest absolute Gasteiger partial charge is 0.481 e. The van der Waals surface area contributed by atoms with Crippen LogP contribution in [0.25, 0.3) is 0 Å². The van der Waals surface area contributed by atoms with Gasteiger partial charge in [0, 0.05) is 6.54 Å². The van der Waals surface area contributed by atoms with E-state index in [9.17, 15) is 18.0 Å². The molecule has 33 heavy (non-hydrogen) atoms. The first-order valence-electron chi connectivity index (χ1n) is 10.1. The molecule has 2 amide bonds. The molecule has 11 heteroatoms. The SMILES string of the molecule is CC#CCOc1ccc(S(=O)(=O)NC(CCCNC(=O)c2cc(C)oc2C)C(=O)NO)cc1. The van der Waals surface area contributed by atoms with Crippen LogP contribution in [0.1, 0.15) is 41.6 Å². The smallest absolute Gasteiger partial charge is 0.261 e. The van der Waals surface area contributed by atoms with Gasteiger partial charge < -0.3 is 14.5 Å². The van der Waals surface area contributed by atoms with Gasteiger partial charge in [0.15, 0.2) is 0 Å². The summed E-state index contributed by atoms with van der Waals surface area (Å²) < 4.78 is 38.3. The number of amides is 2. The molecule has 4 N–H and O–H groups in total. The Morgan fingerprint density at radius 3 is 2.48 bits per heavy atom. The Balaban J connectivity index is 1.95. The first kappa shape index (κ1) is 25.9. The lowest BCUT2D eigenvalue weighted by Gasteiger charge is -2.17. The number of furan rings is 1. The van der Waals surface area contributed by atoms with Crippen LogP contribution < -0.4 is 20.3 Å². The molecule has 0 saturated heterocycles. The third kappa shape index (κ3) is 7.64. The molecule has 1 aromatic carbocycles. The molecule has 1 heterocycles. The third-order valence-electron chi connectivity index (χ3n) is 4.59. The van der Waals surface area contributed by atoms with Gasteiger partial charge in [0.2, 0.25) is 10.0 Å². The van der Waals surface area contributed by atoms with Crippen LogP contribution in [0.5, 0.6) is 5.75 Å². The van der Waals surface area contributed by atoms with Crippen LogP contribution in [-0.2, 0) is 14.8 Å². The molecule has 10 nitrogen and oxygen atoms in total. The van der Waals surface area contributed by atoms with Crippen molar-refractivity contribution in [3.63, 3.8) is 0 Å². The fourth-order valence-corrected chi connectivity index (χ4v) is 4.17. The summed E-state index contributed by atoms with van der Waals surface area (Å²) in [5, 5.41) is 11.7. The van der Waals surface area contributed by atoms with Crippen molar-refractivity contribution in [1.29, 1.82) is 0 Å². The van der Waals surface area contributed by atoms with Gasteiger partial charge in [-0.2, -0.15) is 4.72 Å². The molecule has 0 aliphatic rings. The van der Waals surface area contributed by atoms with Gasteiger partial charge in [0.1, 0.15) is 29.9 Å². The standard InChI is InChI=1S/C22H27N3O7S/c1-4-5-13-31-17-8-10-18(11-9-17)33(29,30)25-20(22(27)24-28)7-6-12-23-21(26)19-14-15(2)32-16(19)3/h8-11,14,20,25,28H,6-7,12-13H2,1-3H3,(H,23,26)(H,24,27). The molecule has 0 aliphatic carbocycles. The van der Waals surface area contributed by atoms with Gasteiger partial charge in [-0.3, -0.25) is 14.8 Å². The molecular formula is C22H27N3O7S. The lowest BCUT2D eigenvalue weighted by Crippen LogP contribution is -2.46. The number of hydroxylamine groups is 1. The molecule has 2 rings (SSSR count).